The van der Waals surface area contributed by atoms with Gasteiger partial charge >= 0.3 is 0 Å². The Morgan fingerprint density at radius 2 is 1.82 bits per heavy atom. The van der Waals surface area contributed by atoms with Crippen LogP contribution in [0.2, 0.25) is 0 Å². The average Bonchev–Trinajstić information content (AvgIpc) is 3.06. The third-order valence-electron chi connectivity index (χ3n) is 4.67. The first kappa shape index (κ1) is 14.9. The smallest absolute Gasteiger partial charge is 0.227 e. The lowest BCUT2D eigenvalue weighted by Crippen LogP contribution is -2.35. The molecule has 0 bridgehead atoms. The number of benzene rings is 2. The summed E-state index contributed by atoms with van der Waals surface area (Å²) in [7, 11) is 1.67. The highest BCUT2D eigenvalue weighted by Gasteiger charge is 2.21. The van der Waals surface area contributed by atoms with E-state index < -0.39 is 0 Å². The minimum absolute atomic E-state index is 0.118. The van der Waals surface area contributed by atoms with E-state index in [1.54, 1.807) is 7.11 Å². The highest BCUT2D eigenvalue weighted by Crippen LogP contribution is 2.26. The fourth-order valence-electron chi connectivity index (χ4n) is 3.19. The second-order valence-electron chi connectivity index (χ2n) is 6.18. The summed E-state index contributed by atoms with van der Waals surface area (Å²) in [6.07, 6.45) is 4.71. The quantitative estimate of drug-likeness (QED) is 0.926. The second-order valence-corrected chi connectivity index (χ2v) is 6.18. The lowest BCUT2D eigenvalue weighted by molar-refractivity contribution is -0.122. The van der Waals surface area contributed by atoms with Crippen LogP contribution in [0.5, 0.6) is 5.75 Å². The number of carbonyl (C=O) groups is 1. The summed E-state index contributed by atoms with van der Waals surface area (Å²) < 4.78 is 5.25. The van der Waals surface area contributed by atoms with Crippen LogP contribution in [0.25, 0.3) is 10.8 Å². The van der Waals surface area contributed by atoms with Crippen molar-refractivity contribution >= 4 is 16.7 Å². The molecule has 116 valence electrons. The fourth-order valence-corrected chi connectivity index (χ4v) is 3.19. The number of rotatable bonds is 4. The number of carbonyl (C=O) groups excluding carboxylic acids is 1. The zero-order chi connectivity index (χ0) is 15.5. The Bertz CT molecular complexity index is 674. The molecular weight excluding hydrogens is 274 g/mol. The van der Waals surface area contributed by atoms with Gasteiger partial charge in [-0.15, -0.1) is 0 Å². The van der Waals surface area contributed by atoms with E-state index in [0.29, 0.717) is 6.04 Å². The van der Waals surface area contributed by atoms with Gasteiger partial charge < -0.3 is 10.1 Å². The normalized spacial score (nSPS) is 16.6. The monoisotopic (exact) mass is 297 g/mol. The molecule has 1 saturated carbocycles. The first-order chi connectivity index (χ1) is 10.7. The van der Waals surface area contributed by atoms with Crippen molar-refractivity contribution in [2.45, 2.75) is 44.6 Å². The Morgan fingerprint density at radius 3 is 2.55 bits per heavy atom. The highest BCUT2D eigenvalue weighted by molar-refractivity contribution is 5.88. The molecule has 1 atom stereocenters. The summed E-state index contributed by atoms with van der Waals surface area (Å²) >= 11 is 0. The zero-order valence-corrected chi connectivity index (χ0v) is 13.3. The molecule has 0 radical (unpaired) electrons. The molecule has 2 aromatic carbocycles. The molecule has 0 aromatic heterocycles. The Balaban J connectivity index is 1.78. The predicted molar refractivity (Wildman–Crippen MR) is 89.3 cm³/mol. The maximum atomic E-state index is 12.4. The van der Waals surface area contributed by atoms with Gasteiger partial charge in [-0.25, -0.2) is 0 Å². The SMILES string of the molecule is COc1ccc2cc([C@H](C)C(=O)NC3CCCC3)ccc2c1. The predicted octanol–water partition coefficient (Wildman–Crippen LogP) is 4.01. The molecule has 0 saturated heterocycles. The van der Waals surface area contributed by atoms with Gasteiger partial charge in [0.1, 0.15) is 5.75 Å². The molecule has 1 aliphatic carbocycles. The minimum Gasteiger partial charge on any atom is -0.497 e. The van der Waals surface area contributed by atoms with E-state index in [4.69, 9.17) is 4.74 Å². The Kier molecular flexibility index (Phi) is 4.32. The summed E-state index contributed by atoms with van der Waals surface area (Å²) in [5.74, 6) is 0.874. The molecule has 0 heterocycles. The van der Waals surface area contributed by atoms with Crippen molar-refractivity contribution in [3.05, 3.63) is 42.0 Å². The summed E-state index contributed by atoms with van der Waals surface area (Å²) in [5, 5.41) is 5.45. The summed E-state index contributed by atoms with van der Waals surface area (Å²) in [6, 6.07) is 12.6. The summed E-state index contributed by atoms with van der Waals surface area (Å²) in [6.45, 7) is 1.98. The van der Waals surface area contributed by atoms with Crippen LogP contribution < -0.4 is 10.1 Å². The second kappa shape index (κ2) is 6.39. The van der Waals surface area contributed by atoms with E-state index in [9.17, 15) is 4.79 Å². The number of hydrogen-bond acceptors (Lipinski definition) is 2. The van der Waals surface area contributed by atoms with Crippen molar-refractivity contribution in [1.82, 2.24) is 5.32 Å². The summed E-state index contributed by atoms with van der Waals surface area (Å²) in [5.41, 5.74) is 1.06. The molecule has 1 aliphatic rings. The Morgan fingerprint density at radius 1 is 1.14 bits per heavy atom. The van der Waals surface area contributed by atoms with Gasteiger partial charge in [-0.1, -0.05) is 37.1 Å². The Labute approximate surface area is 131 Å². The van der Waals surface area contributed by atoms with Crippen LogP contribution in [0, 0.1) is 0 Å². The van der Waals surface area contributed by atoms with Crippen molar-refractivity contribution in [2.75, 3.05) is 7.11 Å². The standard InChI is InChI=1S/C19H23NO2/c1-13(19(21)20-17-5-3-4-6-17)14-7-8-16-12-18(22-2)10-9-15(16)11-14/h7-13,17H,3-6H2,1-2H3,(H,20,21)/t13-/m0/s1. The van der Waals surface area contributed by atoms with Crippen molar-refractivity contribution in [3.63, 3.8) is 0 Å². The molecular formula is C19H23NO2. The van der Waals surface area contributed by atoms with E-state index >= 15 is 0 Å². The average molecular weight is 297 g/mol. The molecule has 0 spiro atoms. The van der Waals surface area contributed by atoms with E-state index in [-0.39, 0.29) is 11.8 Å². The molecule has 3 nitrogen and oxygen atoms in total. The van der Waals surface area contributed by atoms with Crippen LogP contribution >= 0.6 is 0 Å². The van der Waals surface area contributed by atoms with Crippen molar-refractivity contribution < 1.29 is 9.53 Å². The molecule has 2 aromatic rings. The molecule has 1 N–H and O–H groups in total. The first-order valence-corrected chi connectivity index (χ1v) is 8.05. The third kappa shape index (κ3) is 3.08. The number of hydrogen-bond donors (Lipinski definition) is 1. The van der Waals surface area contributed by atoms with E-state index in [2.05, 4.69) is 17.4 Å². The third-order valence-corrected chi connectivity index (χ3v) is 4.67. The van der Waals surface area contributed by atoms with Gasteiger partial charge in [-0.3, -0.25) is 4.79 Å². The molecule has 0 aliphatic heterocycles. The highest BCUT2D eigenvalue weighted by atomic mass is 16.5. The van der Waals surface area contributed by atoms with Crippen molar-refractivity contribution in [2.24, 2.45) is 0 Å². The van der Waals surface area contributed by atoms with Crippen LogP contribution in [0.1, 0.15) is 44.1 Å². The van der Waals surface area contributed by atoms with Crippen molar-refractivity contribution in [1.29, 1.82) is 0 Å². The lowest BCUT2D eigenvalue weighted by atomic mass is 9.96. The van der Waals surface area contributed by atoms with E-state index in [1.165, 1.54) is 12.8 Å². The number of fused-ring (bicyclic) bond motifs is 1. The molecule has 1 amide bonds. The van der Waals surface area contributed by atoms with E-state index in [0.717, 1.165) is 34.9 Å². The van der Waals surface area contributed by atoms with Crippen LogP contribution in [0.3, 0.4) is 0 Å². The maximum Gasteiger partial charge on any atom is 0.227 e. The van der Waals surface area contributed by atoms with Crippen molar-refractivity contribution in [3.8, 4) is 5.75 Å². The number of ether oxygens (including phenoxy) is 1. The first-order valence-electron chi connectivity index (χ1n) is 8.05. The van der Waals surface area contributed by atoms with Gasteiger partial charge in [0.05, 0.1) is 13.0 Å². The molecule has 22 heavy (non-hydrogen) atoms. The van der Waals surface area contributed by atoms with E-state index in [1.807, 2.05) is 31.2 Å². The van der Waals surface area contributed by atoms with Gasteiger partial charge in [-0.2, -0.15) is 0 Å². The summed E-state index contributed by atoms with van der Waals surface area (Å²) in [4.78, 5) is 12.4. The molecule has 3 rings (SSSR count). The van der Waals surface area contributed by atoms with Gasteiger partial charge in [0.15, 0.2) is 0 Å². The van der Waals surface area contributed by atoms with Gasteiger partial charge in [0, 0.05) is 6.04 Å². The minimum atomic E-state index is -0.118. The molecule has 3 heteroatoms. The molecule has 1 fully saturated rings. The number of amides is 1. The van der Waals surface area contributed by atoms with Crippen LogP contribution in [0.4, 0.5) is 0 Å². The largest absolute Gasteiger partial charge is 0.497 e. The molecule has 0 unspecified atom stereocenters. The maximum absolute atomic E-state index is 12.4. The van der Waals surface area contributed by atoms with Crippen LogP contribution in [-0.4, -0.2) is 19.1 Å². The van der Waals surface area contributed by atoms with Crippen LogP contribution in [-0.2, 0) is 4.79 Å². The van der Waals surface area contributed by atoms with Crippen LogP contribution in [0.15, 0.2) is 36.4 Å². The fraction of sp³-hybridized carbons (Fsp3) is 0.421. The topological polar surface area (TPSA) is 38.3 Å². The number of nitrogens with one attached hydrogen (secondary N) is 1. The Hall–Kier alpha value is -2.03. The van der Waals surface area contributed by atoms with Gasteiger partial charge in [-0.05, 0) is 48.2 Å². The lowest BCUT2D eigenvalue weighted by Gasteiger charge is -2.17. The number of methoxy groups -OCH3 is 1. The van der Waals surface area contributed by atoms with Gasteiger partial charge in [0.2, 0.25) is 5.91 Å². The van der Waals surface area contributed by atoms with Gasteiger partial charge in [0.25, 0.3) is 0 Å². The zero-order valence-electron chi connectivity index (χ0n) is 13.3.